The second-order valence-electron chi connectivity index (χ2n) is 7.39. The van der Waals surface area contributed by atoms with Gasteiger partial charge in [0.1, 0.15) is 16.7 Å². The smallest absolute Gasteiger partial charge is 0.425 e. The van der Waals surface area contributed by atoms with Gasteiger partial charge in [0.15, 0.2) is 6.10 Å². The number of sulfonamides is 1. The molecule has 2 aromatic carbocycles. The van der Waals surface area contributed by atoms with Crippen molar-refractivity contribution in [3.63, 3.8) is 0 Å². The summed E-state index contributed by atoms with van der Waals surface area (Å²) in [6, 6.07) is 11.6. The molecule has 1 N–H and O–H groups in total. The minimum absolute atomic E-state index is 0.00541. The number of amides is 1. The lowest BCUT2D eigenvalue weighted by Crippen LogP contribution is -2.41. The summed E-state index contributed by atoms with van der Waals surface area (Å²) in [6.07, 6.45) is -7.08. The monoisotopic (exact) mass is 506 g/mol. The number of ether oxygens (including phenoxy) is 2. The van der Waals surface area contributed by atoms with E-state index in [0.29, 0.717) is 18.5 Å². The van der Waals surface area contributed by atoms with Crippen molar-refractivity contribution in [1.82, 2.24) is 4.31 Å². The van der Waals surface area contributed by atoms with E-state index in [-0.39, 0.29) is 28.8 Å². The molecule has 0 aliphatic carbocycles. The highest BCUT2D eigenvalue weighted by Crippen LogP contribution is 2.28. The molecule has 7 nitrogen and oxygen atoms in total. The predicted molar refractivity (Wildman–Crippen MR) is 116 cm³/mol. The molecule has 33 heavy (non-hydrogen) atoms. The Morgan fingerprint density at radius 2 is 1.73 bits per heavy atom. The molecule has 0 spiro atoms. The van der Waals surface area contributed by atoms with Gasteiger partial charge in [-0.05, 0) is 56.2 Å². The predicted octanol–water partition coefficient (Wildman–Crippen LogP) is 5.07. The number of hydrogen-bond acceptors (Lipinski definition) is 5. The number of rotatable bonds is 6. The lowest BCUT2D eigenvalue weighted by molar-refractivity contribution is -0.189. The molecule has 0 bridgehead atoms. The van der Waals surface area contributed by atoms with Gasteiger partial charge in [-0.15, -0.1) is 0 Å². The molecule has 0 aromatic heterocycles. The van der Waals surface area contributed by atoms with Crippen LogP contribution in [0.15, 0.2) is 53.4 Å². The molecule has 0 radical (unpaired) electrons. The van der Waals surface area contributed by atoms with Gasteiger partial charge in [-0.25, -0.2) is 13.2 Å². The molecule has 1 fully saturated rings. The second-order valence-corrected chi connectivity index (χ2v) is 9.70. The van der Waals surface area contributed by atoms with Crippen molar-refractivity contribution in [3.05, 3.63) is 53.6 Å². The average molecular weight is 507 g/mol. The fraction of sp³-hybridized carbons (Fsp3) is 0.381. The van der Waals surface area contributed by atoms with Crippen LogP contribution >= 0.6 is 11.6 Å². The van der Waals surface area contributed by atoms with E-state index in [1.54, 1.807) is 12.1 Å². The van der Waals surface area contributed by atoms with E-state index in [1.165, 1.54) is 40.7 Å². The molecular weight excluding hydrogens is 485 g/mol. The van der Waals surface area contributed by atoms with Gasteiger partial charge in [-0.2, -0.15) is 17.5 Å². The third-order valence-corrected chi connectivity index (χ3v) is 7.40. The third-order valence-electron chi connectivity index (χ3n) is 5.00. The van der Waals surface area contributed by atoms with Crippen LogP contribution in [0.5, 0.6) is 5.75 Å². The molecule has 3 rings (SSSR count). The number of carbonyl (C=O) groups is 1. The number of nitrogens with one attached hydrogen (secondary N) is 1. The van der Waals surface area contributed by atoms with Crippen molar-refractivity contribution < 1.29 is 35.9 Å². The number of hydrogen-bond donors (Lipinski definition) is 1. The van der Waals surface area contributed by atoms with Gasteiger partial charge in [0.05, 0.1) is 5.02 Å². The van der Waals surface area contributed by atoms with Crippen LogP contribution in [0.1, 0.15) is 19.8 Å². The maximum atomic E-state index is 12.8. The number of nitrogens with zero attached hydrogens (tertiary/aromatic N) is 1. The summed E-state index contributed by atoms with van der Waals surface area (Å²) in [6.45, 7) is 1.22. The Balaban J connectivity index is 1.49. The van der Waals surface area contributed by atoms with Crippen LogP contribution in [0.25, 0.3) is 0 Å². The van der Waals surface area contributed by atoms with Crippen LogP contribution < -0.4 is 10.1 Å². The number of benzene rings is 2. The zero-order valence-corrected chi connectivity index (χ0v) is 19.1. The first-order valence-corrected chi connectivity index (χ1v) is 11.8. The Morgan fingerprint density at radius 1 is 1.12 bits per heavy atom. The molecule has 1 unspecified atom stereocenters. The van der Waals surface area contributed by atoms with Crippen molar-refractivity contribution in [3.8, 4) is 5.75 Å². The minimum atomic E-state index is -4.48. The SMILES string of the molecule is CC(Oc1ccc(NC(=O)OC2CCN(S(=O)(=O)c3ccccc3Cl)CC2)cc1)C(F)(F)F. The summed E-state index contributed by atoms with van der Waals surface area (Å²) in [4.78, 5) is 12.2. The number of piperidine rings is 1. The lowest BCUT2D eigenvalue weighted by Gasteiger charge is -2.31. The number of anilines is 1. The molecule has 1 heterocycles. The fourth-order valence-corrected chi connectivity index (χ4v) is 5.13. The number of carbonyl (C=O) groups excluding carboxylic acids is 1. The van der Waals surface area contributed by atoms with Gasteiger partial charge in [0.2, 0.25) is 10.0 Å². The van der Waals surface area contributed by atoms with Gasteiger partial charge in [-0.3, -0.25) is 5.32 Å². The zero-order chi connectivity index (χ0) is 24.2. The van der Waals surface area contributed by atoms with Crippen LogP contribution in [0.2, 0.25) is 5.02 Å². The van der Waals surface area contributed by atoms with Crippen molar-refractivity contribution in [2.24, 2.45) is 0 Å². The van der Waals surface area contributed by atoms with E-state index in [2.05, 4.69) is 5.32 Å². The first-order valence-electron chi connectivity index (χ1n) is 10.0. The first-order chi connectivity index (χ1) is 15.5. The van der Waals surface area contributed by atoms with Crippen LogP contribution in [-0.4, -0.2) is 50.3 Å². The summed E-state index contributed by atoms with van der Waals surface area (Å²) in [5.74, 6) is 0.00541. The Kier molecular flexibility index (Phi) is 7.76. The normalized spacial score (nSPS) is 16.8. The van der Waals surface area contributed by atoms with E-state index >= 15 is 0 Å². The van der Waals surface area contributed by atoms with E-state index in [1.807, 2.05) is 0 Å². The summed E-state index contributed by atoms with van der Waals surface area (Å²) in [5.41, 5.74) is 0.311. The van der Waals surface area contributed by atoms with Crippen LogP contribution in [0.3, 0.4) is 0 Å². The highest BCUT2D eigenvalue weighted by Gasteiger charge is 2.38. The second kappa shape index (κ2) is 10.2. The molecule has 1 atom stereocenters. The first kappa shape index (κ1) is 25.1. The minimum Gasteiger partial charge on any atom is -0.481 e. The molecule has 2 aromatic rings. The van der Waals surface area contributed by atoms with E-state index in [0.717, 1.165) is 6.92 Å². The highest BCUT2D eigenvalue weighted by molar-refractivity contribution is 7.89. The average Bonchev–Trinajstić information content (AvgIpc) is 2.75. The van der Waals surface area contributed by atoms with Crippen molar-refractivity contribution in [2.75, 3.05) is 18.4 Å². The summed E-state index contributed by atoms with van der Waals surface area (Å²) in [7, 11) is -3.75. The van der Waals surface area contributed by atoms with Gasteiger partial charge in [0.25, 0.3) is 0 Å². The van der Waals surface area contributed by atoms with Gasteiger partial charge in [-0.1, -0.05) is 23.7 Å². The molecule has 1 aliphatic rings. The largest absolute Gasteiger partial charge is 0.481 e. The van der Waals surface area contributed by atoms with Crippen molar-refractivity contribution in [1.29, 1.82) is 0 Å². The van der Waals surface area contributed by atoms with Gasteiger partial charge in [0, 0.05) is 18.8 Å². The number of halogens is 4. The molecule has 1 amide bonds. The summed E-state index contributed by atoms with van der Waals surface area (Å²) >= 11 is 6.02. The molecule has 1 aliphatic heterocycles. The van der Waals surface area contributed by atoms with Crippen molar-refractivity contribution >= 4 is 33.4 Å². The van der Waals surface area contributed by atoms with E-state index < -0.39 is 34.5 Å². The third kappa shape index (κ3) is 6.52. The Labute approximate surface area is 194 Å². The maximum Gasteiger partial charge on any atom is 0.425 e. The molecular formula is C21H22ClF3N2O5S. The standard InChI is InChI=1S/C21H22ClF3N2O5S/c1-14(21(23,24)25)31-16-8-6-15(7-9-16)26-20(28)32-17-10-12-27(13-11-17)33(29,30)19-5-3-2-4-18(19)22/h2-9,14,17H,10-13H2,1H3,(H,26,28). The van der Waals surface area contributed by atoms with Crippen LogP contribution in [0.4, 0.5) is 23.7 Å². The highest BCUT2D eigenvalue weighted by atomic mass is 35.5. The number of alkyl halides is 3. The van der Waals surface area contributed by atoms with Crippen LogP contribution in [-0.2, 0) is 14.8 Å². The molecule has 0 saturated carbocycles. The molecule has 1 saturated heterocycles. The Morgan fingerprint density at radius 3 is 2.30 bits per heavy atom. The lowest BCUT2D eigenvalue weighted by atomic mass is 10.1. The van der Waals surface area contributed by atoms with Crippen LogP contribution in [0, 0.1) is 0 Å². The molecule has 12 heteroatoms. The van der Waals surface area contributed by atoms with E-state index in [9.17, 15) is 26.4 Å². The summed E-state index contributed by atoms with van der Waals surface area (Å²) < 4.78 is 74.7. The Hall–Kier alpha value is -2.50. The fourth-order valence-electron chi connectivity index (χ4n) is 3.17. The topological polar surface area (TPSA) is 84.9 Å². The zero-order valence-electron chi connectivity index (χ0n) is 17.5. The van der Waals surface area contributed by atoms with Crippen molar-refractivity contribution in [2.45, 2.75) is 43.0 Å². The maximum absolute atomic E-state index is 12.8. The van der Waals surface area contributed by atoms with Gasteiger partial charge >= 0.3 is 12.3 Å². The van der Waals surface area contributed by atoms with Gasteiger partial charge < -0.3 is 9.47 Å². The van der Waals surface area contributed by atoms with E-state index in [4.69, 9.17) is 21.1 Å². The Bertz CT molecular complexity index is 1070. The molecule has 180 valence electrons. The quantitative estimate of drug-likeness (QED) is 0.591. The summed E-state index contributed by atoms with van der Waals surface area (Å²) in [5, 5.41) is 2.62.